The quantitative estimate of drug-likeness (QED) is 0.718. The Labute approximate surface area is 158 Å². The van der Waals surface area contributed by atoms with Gasteiger partial charge >= 0.3 is 0 Å². The molecule has 4 heterocycles. The van der Waals surface area contributed by atoms with Crippen molar-refractivity contribution in [3.8, 4) is 0 Å². The number of hydrogen-bond acceptors (Lipinski definition) is 3. The second-order valence-corrected chi connectivity index (χ2v) is 6.85. The molecule has 0 saturated carbocycles. The van der Waals surface area contributed by atoms with Gasteiger partial charge in [-0.3, -0.25) is 14.6 Å². The van der Waals surface area contributed by atoms with Gasteiger partial charge in [0.15, 0.2) is 0 Å². The van der Waals surface area contributed by atoms with E-state index >= 15 is 0 Å². The molecule has 0 spiro atoms. The number of aryl methyl sites for hydroxylation is 1. The summed E-state index contributed by atoms with van der Waals surface area (Å²) >= 11 is 0. The highest BCUT2D eigenvalue weighted by Gasteiger charge is 2.26. The van der Waals surface area contributed by atoms with E-state index in [9.17, 15) is 9.59 Å². The fourth-order valence-corrected chi connectivity index (χ4v) is 3.60. The van der Waals surface area contributed by atoms with Crippen LogP contribution in [0.15, 0.2) is 55.0 Å². The van der Waals surface area contributed by atoms with Crippen LogP contribution in [0, 0.1) is 6.92 Å². The predicted octanol–water partition coefficient (Wildman–Crippen LogP) is 2.17. The zero-order valence-electron chi connectivity index (χ0n) is 15.3. The second kappa shape index (κ2) is 7.23. The summed E-state index contributed by atoms with van der Waals surface area (Å²) < 4.78 is 2.03. The molecule has 4 rings (SSSR count). The van der Waals surface area contributed by atoms with E-state index in [0.29, 0.717) is 32.6 Å². The fraction of sp³-hybridized carbons (Fsp3) is 0.286. The number of hydrogen-bond donors (Lipinski definition) is 0. The number of carbonyl (C=O) groups excluding carboxylic acids is 2. The molecule has 6 heteroatoms. The van der Waals surface area contributed by atoms with Crippen LogP contribution in [0.4, 0.5) is 0 Å². The average molecular weight is 362 g/mol. The summed E-state index contributed by atoms with van der Waals surface area (Å²) in [5.41, 5.74) is 3.61. The summed E-state index contributed by atoms with van der Waals surface area (Å²) in [4.78, 5) is 33.2. The third-order valence-corrected chi connectivity index (χ3v) is 5.16. The number of piperazine rings is 1. The molecule has 3 aromatic heterocycles. The van der Waals surface area contributed by atoms with Crippen molar-refractivity contribution >= 4 is 17.3 Å². The summed E-state index contributed by atoms with van der Waals surface area (Å²) in [7, 11) is 0. The number of nitrogens with zero attached hydrogens (tertiary/aromatic N) is 4. The lowest BCUT2D eigenvalue weighted by Gasteiger charge is -2.34. The van der Waals surface area contributed by atoms with Crippen LogP contribution in [0.2, 0.25) is 0 Å². The average Bonchev–Trinajstić information content (AvgIpc) is 3.05. The van der Waals surface area contributed by atoms with Gasteiger partial charge in [0.25, 0.3) is 5.91 Å². The monoisotopic (exact) mass is 362 g/mol. The van der Waals surface area contributed by atoms with Crippen molar-refractivity contribution in [1.82, 2.24) is 19.2 Å². The molecule has 1 aliphatic heterocycles. The van der Waals surface area contributed by atoms with Gasteiger partial charge in [-0.25, -0.2) is 0 Å². The summed E-state index contributed by atoms with van der Waals surface area (Å²) in [6.07, 6.45) is 5.74. The summed E-state index contributed by atoms with van der Waals surface area (Å²) in [6, 6.07) is 11.6. The van der Waals surface area contributed by atoms with Crippen LogP contribution in [0.3, 0.4) is 0 Å². The van der Waals surface area contributed by atoms with Gasteiger partial charge < -0.3 is 14.2 Å². The van der Waals surface area contributed by atoms with Crippen molar-refractivity contribution < 1.29 is 9.59 Å². The summed E-state index contributed by atoms with van der Waals surface area (Å²) in [5, 5.41) is 0. The first kappa shape index (κ1) is 17.3. The molecule has 1 saturated heterocycles. The Hall–Kier alpha value is -3.15. The van der Waals surface area contributed by atoms with Gasteiger partial charge in [-0.2, -0.15) is 0 Å². The molecule has 0 unspecified atom stereocenters. The van der Waals surface area contributed by atoms with E-state index in [0.717, 1.165) is 22.3 Å². The van der Waals surface area contributed by atoms with Gasteiger partial charge in [-0.1, -0.05) is 12.1 Å². The number of aromatic nitrogens is 2. The van der Waals surface area contributed by atoms with Gasteiger partial charge in [0.2, 0.25) is 5.91 Å². The molecular weight excluding hydrogens is 340 g/mol. The topological polar surface area (TPSA) is 57.9 Å². The van der Waals surface area contributed by atoms with Gasteiger partial charge in [-0.15, -0.1) is 0 Å². The van der Waals surface area contributed by atoms with E-state index in [1.807, 2.05) is 63.7 Å². The summed E-state index contributed by atoms with van der Waals surface area (Å²) in [6.45, 7) is 4.22. The van der Waals surface area contributed by atoms with Crippen molar-refractivity contribution in [3.63, 3.8) is 0 Å². The van der Waals surface area contributed by atoms with E-state index in [-0.39, 0.29) is 11.8 Å². The minimum absolute atomic E-state index is 0.0376. The zero-order valence-corrected chi connectivity index (χ0v) is 15.3. The molecular formula is C21H22N4O2. The first-order chi connectivity index (χ1) is 13.1. The molecule has 2 amide bonds. The number of rotatable bonds is 3. The molecule has 138 valence electrons. The third kappa shape index (κ3) is 3.43. The minimum Gasteiger partial charge on any atom is -0.339 e. The van der Waals surface area contributed by atoms with Gasteiger partial charge in [0.05, 0.1) is 12.0 Å². The van der Waals surface area contributed by atoms with Gasteiger partial charge in [0.1, 0.15) is 0 Å². The van der Waals surface area contributed by atoms with Crippen molar-refractivity contribution in [2.24, 2.45) is 0 Å². The maximum Gasteiger partial charge on any atom is 0.255 e. The third-order valence-electron chi connectivity index (χ3n) is 5.16. The Kier molecular flexibility index (Phi) is 4.62. The van der Waals surface area contributed by atoms with Crippen LogP contribution in [0.1, 0.15) is 21.6 Å². The molecule has 0 aromatic carbocycles. The lowest BCUT2D eigenvalue weighted by molar-refractivity contribution is -0.131. The fourth-order valence-electron chi connectivity index (χ4n) is 3.60. The van der Waals surface area contributed by atoms with Crippen molar-refractivity contribution in [2.75, 3.05) is 26.2 Å². The van der Waals surface area contributed by atoms with E-state index in [1.54, 1.807) is 12.4 Å². The molecule has 0 N–H and O–H groups in total. The Morgan fingerprint density at radius 3 is 2.52 bits per heavy atom. The maximum atomic E-state index is 13.0. The lowest BCUT2D eigenvalue weighted by Crippen LogP contribution is -2.51. The van der Waals surface area contributed by atoms with Gasteiger partial charge in [0, 0.05) is 56.0 Å². The van der Waals surface area contributed by atoms with Crippen molar-refractivity contribution in [1.29, 1.82) is 0 Å². The molecule has 0 bridgehead atoms. The first-order valence-electron chi connectivity index (χ1n) is 9.16. The van der Waals surface area contributed by atoms with Crippen LogP contribution >= 0.6 is 0 Å². The van der Waals surface area contributed by atoms with Crippen molar-refractivity contribution in [3.05, 3.63) is 71.8 Å². The van der Waals surface area contributed by atoms with Crippen LogP contribution in [0.25, 0.3) is 5.52 Å². The highest BCUT2D eigenvalue weighted by molar-refractivity contribution is 5.97. The molecule has 1 aliphatic rings. The molecule has 0 aliphatic carbocycles. The molecule has 27 heavy (non-hydrogen) atoms. The molecule has 3 aromatic rings. The number of carbonyl (C=O) groups is 2. The minimum atomic E-state index is 0.0376. The molecule has 0 radical (unpaired) electrons. The highest BCUT2D eigenvalue weighted by Crippen LogP contribution is 2.19. The standard InChI is InChI=1S/C21H22N4O2/c1-16-19(14-18-6-2-3-8-25(16)18)21(27)24-11-9-23(10-12-24)20(26)13-17-5-4-7-22-15-17/h2-8,14-15H,9-13H2,1H3. The maximum absolute atomic E-state index is 13.0. The predicted molar refractivity (Wildman–Crippen MR) is 103 cm³/mol. The second-order valence-electron chi connectivity index (χ2n) is 6.85. The number of pyridine rings is 2. The Bertz CT molecular complexity index is 972. The van der Waals surface area contributed by atoms with Gasteiger partial charge in [-0.05, 0) is 36.8 Å². The number of amides is 2. The Morgan fingerprint density at radius 2 is 1.81 bits per heavy atom. The van der Waals surface area contributed by atoms with Crippen molar-refractivity contribution in [2.45, 2.75) is 13.3 Å². The van der Waals surface area contributed by atoms with E-state index in [2.05, 4.69) is 4.98 Å². The largest absolute Gasteiger partial charge is 0.339 e. The molecule has 1 fully saturated rings. The van der Waals surface area contributed by atoms with Crippen LogP contribution in [0.5, 0.6) is 0 Å². The van der Waals surface area contributed by atoms with E-state index in [1.165, 1.54) is 0 Å². The van der Waals surface area contributed by atoms with E-state index in [4.69, 9.17) is 0 Å². The summed E-state index contributed by atoms with van der Waals surface area (Å²) in [5.74, 6) is 0.122. The number of fused-ring (bicyclic) bond motifs is 1. The Balaban J connectivity index is 1.40. The first-order valence-corrected chi connectivity index (χ1v) is 9.16. The normalized spacial score (nSPS) is 14.6. The van der Waals surface area contributed by atoms with Crippen LogP contribution in [-0.4, -0.2) is 57.2 Å². The SMILES string of the molecule is Cc1c(C(=O)N2CCN(C(=O)Cc3cccnc3)CC2)cc2ccccn12. The zero-order chi connectivity index (χ0) is 18.8. The Morgan fingerprint density at radius 1 is 1.04 bits per heavy atom. The van der Waals surface area contributed by atoms with E-state index < -0.39 is 0 Å². The lowest BCUT2D eigenvalue weighted by atomic mass is 10.1. The molecule has 6 nitrogen and oxygen atoms in total. The van der Waals surface area contributed by atoms with Crippen LogP contribution < -0.4 is 0 Å². The molecule has 0 atom stereocenters. The van der Waals surface area contributed by atoms with Crippen LogP contribution in [-0.2, 0) is 11.2 Å². The smallest absolute Gasteiger partial charge is 0.255 e. The highest BCUT2D eigenvalue weighted by atomic mass is 16.2.